The van der Waals surface area contributed by atoms with Crippen LogP contribution >= 0.6 is 23.8 Å². The van der Waals surface area contributed by atoms with E-state index in [9.17, 15) is 4.79 Å². The zero-order chi connectivity index (χ0) is 16.4. The molecule has 7 heteroatoms. The zero-order valence-corrected chi connectivity index (χ0v) is 13.9. The number of nitrogens with one attached hydrogen (secondary N) is 1. The van der Waals surface area contributed by atoms with Crippen LogP contribution < -0.4 is 15.0 Å². The van der Waals surface area contributed by atoms with Crippen molar-refractivity contribution in [3.8, 4) is 5.75 Å². The number of ether oxygens (including phenoxy) is 1. The number of thiocarbonyl (C=S) groups is 1. The van der Waals surface area contributed by atoms with Gasteiger partial charge in [-0.1, -0.05) is 17.7 Å². The van der Waals surface area contributed by atoms with Crippen LogP contribution in [0.5, 0.6) is 5.75 Å². The summed E-state index contributed by atoms with van der Waals surface area (Å²) in [7, 11) is 0. The zero-order valence-electron chi connectivity index (χ0n) is 12.3. The van der Waals surface area contributed by atoms with Crippen LogP contribution in [-0.4, -0.2) is 22.0 Å². The molecule has 118 valence electrons. The first-order valence-electron chi connectivity index (χ1n) is 7.03. The quantitative estimate of drug-likeness (QED) is 0.862. The summed E-state index contributed by atoms with van der Waals surface area (Å²) in [6.45, 7) is 2.08. The Morgan fingerprint density at radius 2 is 2.22 bits per heavy atom. The van der Waals surface area contributed by atoms with Crippen LogP contribution in [0, 0.1) is 0 Å². The first-order valence-corrected chi connectivity index (χ1v) is 7.81. The molecule has 0 radical (unpaired) electrons. The lowest BCUT2D eigenvalue weighted by Gasteiger charge is -2.16. The number of pyridine rings is 1. The van der Waals surface area contributed by atoms with E-state index < -0.39 is 0 Å². The van der Waals surface area contributed by atoms with E-state index in [1.54, 1.807) is 31.3 Å². The maximum Gasteiger partial charge on any atom is 0.255 e. The highest BCUT2D eigenvalue weighted by Gasteiger charge is 2.33. The summed E-state index contributed by atoms with van der Waals surface area (Å²) in [6, 6.07) is 10.4. The minimum Gasteiger partial charge on any atom is -0.486 e. The van der Waals surface area contributed by atoms with Gasteiger partial charge in [-0.3, -0.25) is 14.7 Å². The van der Waals surface area contributed by atoms with Crippen molar-refractivity contribution in [3.63, 3.8) is 0 Å². The molecule has 1 saturated heterocycles. The molecule has 5 nitrogen and oxygen atoms in total. The standard InChI is InChI=1S/C16H14ClN3O2S/c1-10-15(21)20(16(23)19-10)12-5-6-14(13(17)8-12)22-9-11-4-2-3-7-18-11/h2-8,10H,9H2,1H3,(H,19,23). The average molecular weight is 348 g/mol. The van der Waals surface area contributed by atoms with E-state index in [4.69, 9.17) is 28.6 Å². The van der Waals surface area contributed by atoms with E-state index in [1.807, 2.05) is 18.2 Å². The number of rotatable bonds is 4. The van der Waals surface area contributed by atoms with Gasteiger partial charge >= 0.3 is 0 Å². The van der Waals surface area contributed by atoms with Gasteiger partial charge in [0, 0.05) is 6.20 Å². The Kier molecular flexibility index (Phi) is 4.45. The molecule has 1 amide bonds. The SMILES string of the molecule is CC1NC(=S)N(c2ccc(OCc3ccccn3)c(Cl)c2)C1=O. The number of anilines is 1. The van der Waals surface area contributed by atoms with Gasteiger partial charge in [0.15, 0.2) is 5.11 Å². The van der Waals surface area contributed by atoms with Crippen LogP contribution in [0.15, 0.2) is 42.6 Å². The fourth-order valence-corrected chi connectivity index (χ4v) is 2.83. The Morgan fingerprint density at radius 1 is 1.39 bits per heavy atom. The lowest BCUT2D eigenvalue weighted by Crippen LogP contribution is -2.30. The Hall–Kier alpha value is -2.18. The largest absolute Gasteiger partial charge is 0.486 e. The second kappa shape index (κ2) is 6.52. The molecule has 1 aliphatic rings. The predicted molar refractivity (Wildman–Crippen MR) is 92.7 cm³/mol. The molecule has 3 rings (SSSR count). The molecule has 1 aromatic heterocycles. The topological polar surface area (TPSA) is 54.5 Å². The van der Waals surface area contributed by atoms with Crippen LogP contribution in [0.1, 0.15) is 12.6 Å². The van der Waals surface area contributed by atoms with Gasteiger partial charge in [0.2, 0.25) is 0 Å². The lowest BCUT2D eigenvalue weighted by atomic mass is 10.2. The number of halogens is 1. The van der Waals surface area contributed by atoms with Gasteiger partial charge in [0.05, 0.1) is 16.4 Å². The molecule has 23 heavy (non-hydrogen) atoms. The summed E-state index contributed by atoms with van der Waals surface area (Å²) in [5.41, 5.74) is 1.42. The van der Waals surface area contributed by atoms with Gasteiger partial charge in [-0.2, -0.15) is 0 Å². The number of amides is 1. The minimum atomic E-state index is -0.332. The van der Waals surface area contributed by atoms with Crippen LogP contribution in [0.3, 0.4) is 0 Å². The Bertz CT molecular complexity index is 754. The minimum absolute atomic E-state index is 0.103. The maximum absolute atomic E-state index is 12.1. The van der Waals surface area contributed by atoms with E-state index in [1.165, 1.54) is 4.90 Å². The molecule has 2 aromatic rings. The molecule has 1 atom stereocenters. The van der Waals surface area contributed by atoms with Gasteiger partial charge in [0.1, 0.15) is 18.4 Å². The fraction of sp³-hybridized carbons (Fsp3) is 0.188. The van der Waals surface area contributed by atoms with Crippen LogP contribution in [-0.2, 0) is 11.4 Å². The number of hydrogen-bond donors (Lipinski definition) is 1. The van der Waals surface area contributed by atoms with Gasteiger partial charge in [-0.05, 0) is 49.5 Å². The molecule has 2 heterocycles. The summed E-state index contributed by atoms with van der Waals surface area (Å²) in [5, 5.41) is 3.71. The lowest BCUT2D eigenvalue weighted by molar-refractivity contribution is -0.117. The Morgan fingerprint density at radius 3 is 2.83 bits per heavy atom. The number of carbonyl (C=O) groups excluding carboxylic acids is 1. The first kappa shape index (κ1) is 15.7. The van der Waals surface area contributed by atoms with Crippen molar-refractivity contribution in [3.05, 3.63) is 53.3 Å². The second-order valence-electron chi connectivity index (χ2n) is 5.07. The van der Waals surface area contributed by atoms with Crippen molar-refractivity contribution in [1.29, 1.82) is 0 Å². The summed E-state index contributed by atoms with van der Waals surface area (Å²) in [6.07, 6.45) is 1.71. The highest BCUT2D eigenvalue weighted by atomic mass is 35.5. The third kappa shape index (κ3) is 3.28. The van der Waals surface area contributed by atoms with Crippen LogP contribution in [0.4, 0.5) is 5.69 Å². The molecular weight excluding hydrogens is 334 g/mol. The van der Waals surface area contributed by atoms with Crippen molar-refractivity contribution in [1.82, 2.24) is 10.3 Å². The monoisotopic (exact) mass is 347 g/mol. The predicted octanol–water partition coefficient (Wildman–Crippen LogP) is 2.92. The maximum atomic E-state index is 12.1. The molecule has 1 aliphatic heterocycles. The number of carbonyl (C=O) groups is 1. The Balaban J connectivity index is 1.76. The third-order valence-electron chi connectivity index (χ3n) is 3.41. The molecule has 0 aliphatic carbocycles. The smallest absolute Gasteiger partial charge is 0.255 e. The molecule has 1 N–H and O–H groups in total. The van der Waals surface area contributed by atoms with E-state index in [2.05, 4.69) is 10.3 Å². The molecule has 0 bridgehead atoms. The van der Waals surface area contributed by atoms with Gasteiger partial charge < -0.3 is 10.1 Å². The van der Waals surface area contributed by atoms with Crippen molar-refractivity contribution >= 4 is 40.5 Å². The first-order chi connectivity index (χ1) is 11.1. The van der Waals surface area contributed by atoms with Crippen molar-refractivity contribution in [2.45, 2.75) is 19.6 Å². The number of benzene rings is 1. The van der Waals surface area contributed by atoms with Crippen molar-refractivity contribution in [2.24, 2.45) is 0 Å². The van der Waals surface area contributed by atoms with E-state index >= 15 is 0 Å². The van der Waals surface area contributed by atoms with E-state index in [-0.39, 0.29) is 11.9 Å². The third-order valence-corrected chi connectivity index (χ3v) is 4.01. The van der Waals surface area contributed by atoms with Crippen LogP contribution in [0.25, 0.3) is 0 Å². The summed E-state index contributed by atoms with van der Waals surface area (Å²) in [4.78, 5) is 17.7. The molecule has 0 spiro atoms. The number of aromatic nitrogens is 1. The normalized spacial score (nSPS) is 17.3. The van der Waals surface area contributed by atoms with Gasteiger partial charge in [0.25, 0.3) is 5.91 Å². The van der Waals surface area contributed by atoms with E-state index in [0.717, 1.165) is 5.69 Å². The molecule has 1 unspecified atom stereocenters. The molecular formula is C16H14ClN3O2S. The molecule has 0 saturated carbocycles. The van der Waals surface area contributed by atoms with Gasteiger partial charge in [-0.25, -0.2) is 0 Å². The Labute approximate surface area is 144 Å². The number of hydrogen-bond acceptors (Lipinski definition) is 4. The summed E-state index contributed by atoms with van der Waals surface area (Å²) in [5.74, 6) is 0.424. The van der Waals surface area contributed by atoms with Crippen molar-refractivity contribution in [2.75, 3.05) is 4.90 Å². The van der Waals surface area contributed by atoms with E-state index in [0.29, 0.717) is 28.2 Å². The molecule has 1 aromatic carbocycles. The average Bonchev–Trinajstić information content (AvgIpc) is 2.80. The highest BCUT2D eigenvalue weighted by Crippen LogP contribution is 2.31. The molecule has 1 fully saturated rings. The second-order valence-corrected chi connectivity index (χ2v) is 5.86. The summed E-state index contributed by atoms with van der Waals surface area (Å²) >= 11 is 11.4. The fourth-order valence-electron chi connectivity index (χ4n) is 2.23. The summed E-state index contributed by atoms with van der Waals surface area (Å²) < 4.78 is 5.67. The van der Waals surface area contributed by atoms with Gasteiger partial charge in [-0.15, -0.1) is 0 Å². The highest BCUT2D eigenvalue weighted by molar-refractivity contribution is 7.80. The number of nitrogens with zero attached hydrogens (tertiary/aromatic N) is 2. The van der Waals surface area contributed by atoms with Crippen LogP contribution in [0.2, 0.25) is 5.02 Å². The van der Waals surface area contributed by atoms with Crippen molar-refractivity contribution < 1.29 is 9.53 Å².